The van der Waals surface area contributed by atoms with Gasteiger partial charge in [-0.05, 0) is 12.1 Å². The molecule has 1 aromatic rings. The fraction of sp³-hybridized carbons (Fsp3) is 0.250. The van der Waals surface area contributed by atoms with Gasteiger partial charge in [-0.2, -0.15) is 0 Å². The van der Waals surface area contributed by atoms with E-state index in [1.54, 1.807) is 7.11 Å². The number of hydrogen-bond donors (Lipinski definition) is 2. The molecule has 3 nitrogen and oxygen atoms in total. The second-order valence-corrected chi connectivity index (χ2v) is 2.21. The van der Waals surface area contributed by atoms with Crippen molar-refractivity contribution in [2.45, 2.75) is 0 Å². The molecule has 0 saturated carbocycles. The van der Waals surface area contributed by atoms with Crippen molar-refractivity contribution in [2.75, 3.05) is 25.2 Å². The third-order valence-electron chi connectivity index (χ3n) is 1.52. The van der Waals surface area contributed by atoms with Crippen LogP contribution in [0.4, 0.5) is 11.4 Å². The number of ether oxygens (including phenoxy) is 1. The number of methoxy groups -OCH3 is 1. The highest BCUT2D eigenvalue weighted by atomic mass is 16.5. The van der Waals surface area contributed by atoms with Crippen LogP contribution in [0.15, 0.2) is 18.2 Å². The lowest BCUT2D eigenvalue weighted by Crippen LogP contribution is -1.94. The molecule has 0 unspecified atom stereocenters. The lowest BCUT2D eigenvalue weighted by atomic mass is 10.2. The summed E-state index contributed by atoms with van der Waals surface area (Å²) >= 11 is 0. The van der Waals surface area contributed by atoms with Crippen molar-refractivity contribution in [3.8, 4) is 5.75 Å². The first kappa shape index (κ1) is 7.72. The van der Waals surface area contributed by atoms with Gasteiger partial charge in [0.25, 0.3) is 0 Å². The fourth-order valence-electron chi connectivity index (χ4n) is 0.867. The highest BCUT2D eigenvalue weighted by Gasteiger charge is 1.97. The standard InChI is InChI=1S/C8H12N2O/c1-10-6-3-4-7(9)8(5-6)11-2/h3-5,10H,9H2,1-2H3. The smallest absolute Gasteiger partial charge is 0.143 e. The van der Waals surface area contributed by atoms with Crippen LogP contribution in [0.3, 0.4) is 0 Å². The Kier molecular flexibility index (Phi) is 2.21. The summed E-state index contributed by atoms with van der Waals surface area (Å²) in [5, 5.41) is 2.99. The SMILES string of the molecule is CNc1ccc(N)c(OC)c1. The summed E-state index contributed by atoms with van der Waals surface area (Å²) < 4.78 is 5.02. The van der Waals surface area contributed by atoms with Crippen LogP contribution in [0.1, 0.15) is 0 Å². The first-order chi connectivity index (χ1) is 5.27. The van der Waals surface area contributed by atoms with E-state index >= 15 is 0 Å². The van der Waals surface area contributed by atoms with Crippen molar-refractivity contribution in [3.05, 3.63) is 18.2 Å². The van der Waals surface area contributed by atoms with Gasteiger partial charge in [-0.3, -0.25) is 0 Å². The molecule has 11 heavy (non-hydrogen) atoms. The number of nitrogen functional groups attached to an aromatic ring is 1. The Bertz CT molecular complexity index is 248. The van der Waals surface area contributed by atoms with Gasteiger partial charge in [0, 0.05) is 18.8 Å². The minimum atomic E-state index is 0.659. The Hall–Kier alpha value is -1.38. The molecule has 0 heterocycles. The summed E-state index contributed by atoms with van der Waals surface area (Å²) in [7, 11) is 3.45. The molecule has 0 spiro atoms. The van der Waals surface area contributed by atoms with Gasteiger partial charge in [0.15, 0.2) is 0 Å². The van der Waals surface area contributed by atoms with E-state index in [1.807, 2.05) is 25.2 Å². The molecule has 0 aromatic heterocycles. The molecule has 0 fully saturated rings. The molecule has 1 rings (SSSR count). The van der Waals surface area contributed by atoms with E-state index in [2.05, 4.69) is 5.32 Å². The van der Waals surface area contributed by atoms with Gasteiger partial charge in [-0.1, -0.05) is 0 Å². The Balaban J connectivity index is 3.02. The van der Waals surface area contributed by atoms with Crippen LogP contribution < -0.4 is 15.8 Å². The number of rotatable bonds is 2. The predicted molar refractivity (Wildman–Crippen MR) is 47.0 cm³/mol. The Morgan fingerprint density at radius 3 is 2.73 bits per heavy atom. The van der Waals surface area contributed by atoms with Crippen molar-refractivity contribution >= 4 is 11.4 Å². The molecule has 0 aliphatic heterocycles. The molecular weight excluding hydrogens is 140 g/mol. The number of nitrogens with two attached hydrogens (primary N) is 1. The van der Waals surface area contributed by atoms with E-state index in [1.165, 1.54) is 0 Å². The quantitative estimate of drug-likeness (QED) is 0.628. The van der Waals surface area contributed by atoms with Gasteiger partial charge in [-0.15, -0.1) is 0 Å². The van der Waals surface area contributed by atoms with Gasteiger partial charge < -0.3 is 15.8 Å². The summed E-state index contributed by atoms with van der Waals surface area (Å²) in [5.41, 5.74) is 7.26. The Morgan fingerprint density at radius 2 is 2.18 bits per heavy atom. The number of nitrogens with one attached hydrogen (secondary N) is 1. The van der Waals surface area contributed by atoms with E-state index in [9.17, 15) is 0 Å². The first-order valence-electron chi connectivity index (χ1n) is 3.39. The largest absolute Gasteiger partial charge is 0.495 e. The molecule has 0 atom stereocenters. The minimum Gasteiger partial charge on any atom is -0.495 e. The zero-order chi connectivity index (χ0) is 8.27. The van der Waals surface area contributed by atoms with Crippen LogP contribution in [0.5, 0.6) is 5.75 Å². The van der Waals surface area contributed by atoms with Crippen molar-refractivity contribution in [3.63, 3.8) is 0 Å². The third-order valence-corrected chi connectivity index (χ3v) is 1.52. The highest BCUT2D eigenvalue weighted by molar-refractivity contribution is 5.61. The number of benzene rings is 1. The van der Waals surface area contributed by atoms with Crippen LogP contribution in [0, 0.1) is 0 Å². The summed E-state index contributed by atoms with van der Waals surface area (Å²) in [5.74, 6) is 0.705. The molecule has 0 aliphatic carbocycles. The maximum Gasteiger partial charge on any atom is 0.143 e. The second kappa shape index (κ2) is 3.14. The molecule has 3 N–H and O–H groups in total. The first-order valence-corrected chi connectivity index (χ1v) is 3.39. The molecule has 0 saturated heterocycles. The van der Waals surface area contributed by atoms with E-state index < -0.39 is 0 Å². The predicted octanol–water partition coefficient (Wildman–Crippen LogP) is 1.32. The molecular formula is C8H12N2O. The lowest BCUT2D eigenvalue weighted by molar-refractivity contribution is 0.417. The monoisotopic (exact) mass is 152 g/mol. The van der Waals surface area contributed by atoms with Gasteiger partial charge in [-0.25, -0.2) is 0 Å². The van der Waals surface area contributed by atoms with Crippen LogP contribution in [-0.2, 0) is 0 Å². The van der Waals surface area contributed by atoms with Crippen molar-refractivity contribution < 1.29 is 4.74 Å². The average Bonchev–Trinajstić information content (AvgIpc) is 2.05. The highest BCUT2D eigenvalue weighted by Crippen LogP contribution is 2.24. The third kappa shape index (κ3) is 1.55. The van der Waals surface area contributed by atoms with E-state index in [-0.39, 0.29) is 0 Å². The molecule has 3 heteroatoms. The van der Waals surface area contributed by atoms with Crippen LogP contribution in [0.25, 0.3) is 0 Å². The Morgan fingerprint density at radius 1 is 1.45 bits per heavy atom. The molecule has 0 radical (unpaired) electrons. The summed E-state index contributed by atoms with van der Waals surface area (Å²) in [4.78, 5) is 0. The van der Waals surface area contributed by atoms with Crippen molar-refractivity contribution in [1.29, 1.82) is 0 Å². The van der Waals surface area contributed by atoms with E-state index in [0.29, 0.717) is 11.4 Å². The van der Waals surface area contributed by atoms with Gasteiger partial charge >= 0.3 is 0 Å². The van der Waals surface area contributed by atoms with Gasteiger partial charge in [0.1, 0.15) is 5.75 Å². The molecule has 0 bridgehead atoms. The number of anilines is 2. The number of hydrogen-bond acceptors (Lipinski definition) is 3. The molecule has 1 aromatic carbocycles. The minimum absolute atomic E-state index is 0.659. The van der Waals surface area contributed by atoms with E-state index in [0.717, 1.165) is 5.69 Å². The van der Waals surface area contributed by atoms with Gasteiger partial charge in [0.2, 0.25) is 0 Å². The van der Waals surface area contributed by atoms with Crippen LogP contribution in [0.2, 0.25) is 0 Å². The second-order valence-electron chi connectivity index (χ2n) is 2.21. The van der Waals surface area contributed by atoms with Crippen molar-refractivity contribution in [1.82, 2.24) is 0 Å². The maximum absolute atomic E-state index is 5.60. The molecule has 60 valence electrons. The zero-order valence-electron chi connectivity index (χ0n) is 6.72. The van der Waals surface area contributed by atoms with Crippen LogP contribution in [-0.4, -0.2) is 14.2 Å². The summed E-state index contributed by atoms with van der Waals surface area (Å²) in [6.45, 7) is 0. The lowest BCUT2D eigenvalue weighted by Gasteiger charge is -2.06. The topological polar surface area (TPSA) is 47.3 Å². The maximum atomic E-state index is 5.60. The van der Waals surface area contributed by atoms with Crippen molar-refractivity contribution in [2.24, 2.45) is 0 Å². The Labute approximate surface area is 66.2 Å². The van der Waals surface area contributed by atoms with Gasteiger partial charge in [0.05, 0.1) is 12.8 Å². The van der Waals surface area contributed by atoms with Crippen LogP contribution >= 0.6 is 0 Å². The molecule has 0 aliphatic rings. The molecule has 0 amide bonds. The van der Waals surface area contributed by atoms with E-state index in [4.69, 9.17) is 10.5 Å². The fourth-order valence-corrected chi connectivity index (χ4v) is 0.867. The summed E-state index contributed by atoms with van der Waals surface area (Å²) in [6, 6.07) is 5.57. The average molecular weight is 152 g/mol. The zero-order valence-corrected chi connectivity index (χ0v) is 6.72. The normalized spacial score (nSPS) is 9.27. The summed E-state index contributed by atoms with van der Waals surface area (Å²) in [6.07, 6.45) is 0.